The Morgan fingerprint density at radius 3 is 3.00 bits per heavy atom. The Balaban J connectivity index is 1.46. The van der Waals surface area contributed by atoms with Crippen molar-refractivity contribution < 1.29 is 9.21 Å². The van der Waals surface area contributed by atoms with E-state index < -0.39 is 0 Å². The Morgan fingerprint density at radius 1 is 1.38 bits per heavy atom. The third-order valence-corrected chi connectivity index (χ3v) is 4.24. The van der Waals surface area contributed by atoms with E-state index in [-0.39, 0.29) is 11.9 Å². The molecule has 1 saturated carbocycles. The van der Waals surface area contributed by atoms with Crippen LogP contribution in [-0.2, 0) is 6.42 Å². The largest absolute Gasteiger partial charge is 0.440 e. The first-order valence-electron chi connectivity index (χ1n) is 8.29. The summed E-state index contributed by atoms with van der Waals surface area (Å²) in [6.45, 7) is 1.99. The molecule has 0 unspecified atom stereocenters. The summed E-state index contributed by atoms with van der Waals surface area (Å²) in [5.74, 6) is 1.17. The molecule has 122 valence electrons. The normalized spacial score (nSPS) is 15.4. The quantitative estimate of drug-likeness (QED) is 0.781. The highest BCUT2D eigenvalue weighted by Crippen LogP contribution is 2.40. The first-order valence-corrected chi connectivity index (χ1v) is 8.29. The smallest absolute Gasteiger partial charge is 0.251 e. The zero-order chi connectivity index (χ0) is 16.5. The molecule has 0 spiro atoms. The zero-order valence-corrected chi connectivity index (χ0v) is 13.5. The van der Waals surface area contributed by atoms with Crippen LogP contribution in [-0.4, -0.2) is 21.9 Å². The van der Waals surface area contributed by atoms with Gasteiger partial charge in [0.1, 0.15) is 5.52 Å². The predicted molar refractivity (Wildman–Crippen MR) is 90.9 cm³/mol. The summed E-state index contributed by atoms with van der Waals surface area (Å²) in [5, 5.41) is 3.02. The maximum absolute atomic E-state index is 12.5. The molecule has 2 heterocycles. The van der Waals surface area contributed by atoms with Crippen LogP contribution in [0, 0.1) is 0 Å². The van der Waals surface area contributed by atoms with E-state index in [1.165, 1.54) is 0 Å². The van der Waals surface area contributed by atoms with E-state index in [0.717, 1.165) is 36.2 Å². The SMILES string of the molecule is C[C@H](Cc1cccnc1)NC(=O)c1ccc2nc(C3CC3)oc2c1. The first-order chi connectivity index (χ1) is 11.7. The minimum atomic E-state index is -0.0994. The highest BCUT2D eigenvalue weighted by Gasteiger charge is 2.29. The Morgan fingerprint density at radius 2 is 2.25 bits per heavy atom. The third-order valence-electron chi connectivity index (χ3n) is 4.24. The van der Waals surface area contributed by atoms with Crippen LogP contribution in [0.2, 0.25) is 0 Å². The molecule has 0 aliphatic heterocycles. The summed E-state index contributed by atoms with van der Waals surface area (Å²) >= 11 is 0. The van der Waals surface area contributed by atoms with Gasteiger partial charge in [-0.3, -0.25) is 9.78 Å². The van der Waals surface area contributed by atoms with Gasteiger partial charge >= 0.3 is 0 Å². The molecule has 3 aromatic rings. The molecule has 1 atom stereocenters. The molecule has 0 bridgehead atoms. The molecule has 1 aliphatic rings. The number of rotatable bonds is 5. The van der Waals surface area contributed by atoms with Gasteiger partial charge in [0.05, 0.1) is 0 Å². The van der Waals surface area contributed by atoms with Crippen molar-refractivity contribution in [1.29, 1.82) is 0 Å². The van der Waals surface area contributed by atoms with Crippen molar-refractivity contribution in [1.82, 2.24) is 15.3 Å². The number of fused-ring (bicyclic) bond motifs is 1. The van der Waals surface area contributed by atoms with Crippen LogP contribution >= 0.6 is 0 Å². The lowest BCUT2D eigenvalue weighted by Crippen LogP contribution is -2.34. The Labute approximate surface area is 140 Å². The van der Waals surface area contributed by atoms with Gasteiger partial charge in [0.2, 0.25) is 0 Å². The summed E-state index contributed by atoms with van der Waals surface area (Å²) in [5.41, 5.74) is 3.20. The van der Waals surface area contributed by atoms with Crippen molar-refractivity contribution in [3.8, 4) is 0 Å². The Bertz CT molecular complexity index is 869. The highest BCUT2D eigenvalue weighted by atomic mass is 16.3. The number of benzene rings is 1. The van der Waals surface area contributed by atoms with Gasteiger partial charge in [-0.25, -0.2) is 4.98 Å². The van der Waals surface area contributed by atoms with Gasteiger partial charge in [0.15, 0.2) is 11.5 Å². The molecular weight excluding hydrogens is 302 g/mol. The summed E-state index contributed by atoms with van der Waals surface area (Å²) in [7, 11) is 0. The predicted octanol–water partition coefficient (Wildman–Crippen LogP) is 3.46. The number of amides is 1. The maximum atomic E-state index is 12.5. The number of nitrogens with one attached hydrogen (secondary N) is 1. The van der Waals surface area contributed by atoms with Crippen LogP contribution in [0.4, 0.5) is 0 Å². The molecule has 5 heteroatoms. The molecule has 1 aliphatic carbocycles. The maximum Gasteiger partial charge on any atom is 0.251 e. The first kappa shape index (κ1) is 14.9. The highest BCUT2D eigenvalue weighted by molar-refractivity contribution is 5.97. The van der Waals surface area contributed by atoms with Crippen LogP contribution in [0.25, 0.3) is 11.1 Å². The van der Waals surface area contributed by atoms with Crippen LogP contribution in [0.3, 0.4) is 0 Å². The standard InChI is InChI=1S/C19H19N3O2/c1-12(9-13-3-2-8-20-11-13)21-18(23)15-6-7-16-17(10-15)24-19(22-16)14-4-5-14/h2-3,6-8,10-12,14H,4-5,9H2,1H3,(H,21,23)/t12-/m1/s1. The van der Waals surface area contributed by atoms with E-state index in [0.29, 0.717) is 17.1 Å². The van der Waals surface area contributed by atoms with Gasteiger partial charge in [-0.2, -0.15) is 0 Å². The fraction of sp³-hybridized carbons (Fsp3) is 0.316. The summed E-state index contributed by atoms with van der Waals surface area (Å²) < 4.78 is 5.78. The minimum absolute atomic E-state index is 0.0224. The van der Waals surface area contributed by atoms with Gasteiger partial charge in [-0.15, -0.1) is 0 Å². The van der Waals surface area contributed by atoms with Crippen LogP contribution in [0.1, 0.15) is 47.5 Å². The third kappa shape index (κ3) is 3.15. The average molecular weight is 321 g/mol. The van der Waals surface area contributed by atoms with E-state index in [2.05, 4.69) is 15.3 Å². The van der Waals surface area contributed by atoms with Crippen molar-refractivity contribution in [3.05, 3.63) is 59.7 Å². The second-order valence-corrected chi connectivity index (χ2v) is 6.45. The van der Waals surface area contributed by atoms with E-state index >= 15 is 0 Å². The molecule has 24 heavy (non-hydrogen) atoms. The second kappa shape index (κ2) is 6.07. The number of hydrogen-bond acceptors (Lipinski definition) is 4. The molecule has 0 saturated heterocycles. The zero-order valence-electron chi connectivity index (χ0n) is 13.5. The lowest BCUT2D eigenvalue weighted by molar-refractivity contribution is 0.0940. The number of carbonyl (C=O) groups excluding carboxylic acids is 1. The molecule has 1 fully saturated rings. The van der Waals surface area contributed by atoms with Crippen LogP contribution < -0.4 is 5.32 Å². The monoisotopic (exact) mass is 321 g/mol. The second-order valence-electron chi connectivity index (χ2n) is 6.45. The van der Waals surface area contributed by atoms with Gasteiger partial charge in [-0.1, -0.05) is 6.07 Å². The molecular formula is C19H19N3O2. The summed E-state index contributed by atoms with van der Waals surface area (Å²) in [6, 6.07) is 9.36. The van der Waals surface area contributed by atoms with Crippen LogP contribution in [0.15, 0.2) is 47.1 Å². The minimum Gasteiger partial charge on any atom is -0.440 e. The molecule has 1 aromatic carbocycles. The van der Waals surface area contributed by atoms with Gasteiger partial charge in [0, 0.05) is 29.9 Å². The van der Waals surface area contributed by atoms with E-state index in [4.69, 9.17) is 4.42 Å². The number of nitrogens with zero attached hydrogens (tertiary/aromatic N) is 2. The molecule has 0 radical (unpaired) electrons. The van der Waals surface area contributed by atoms with E-state index in [9.17, 15) is 4.79 Å². The van der Waals surface area contributed by atoms with E-state index in [1.54, 1.807) is 18.3 Å². The van der Waals surface area contributed by atoms with Crippen molar-refractivity contribution in [2.45, 2.75) is 38.1 Å². The fourth-order valence-corrected chi connectivity index (χ4v) is 2.82. The van der Waals surface area contributed by atoms with Gasteiger partial charge < -0.3 is 9.73 Å². The summed E-state index contributed by atoms with van der Waals surface area (Å²) in [6.07, 6.45) is 6.60. The molecule has 5 nitrogen and oxygen atoms in total. The topological polar surface area (TPSA) is 68.0 Å². The Hall–Kier alpha value is -2.69. The molecule has 1 N–H and O–H groups in total. The van der Waals surface area contributed by atoms with Gasteiger partial charge in [-0.05, 0) is 56.0 Å². The molecule has 1 amide bonds. The number of hydrogen-bond donors (Lipinski definition) is 1. The Kier molecular flexibility index (Phi) is 3.76. The van der Waals surface area contributed by atoms with E-state index in [1.807, 2.05) is 31.3 Å². The number of oxazole rings is 1. The van der Waals surface area contributed by atoms with Crippen molar-refractivity contribution in [2.75, 3.05) is 0 Å². The summed E-state index contributed by atoms with van der Waals surface area (Å²) in [4.78, 5) is 21.0. The van der Waals surface area contributed by atoms with Crippen LogP contribution in [0.5, 0.6) is 0 Å². The lowest BCUT2D eigenvalue weighted by Gasteiger charge is -2.13. The molecule has 2 aromatic heterocycles. The van der Waals surface area contributed by atoms with Crippen molar-refractivity contribution in [3.63, 3.8) is 0 Å². The van der Waals surface area contributed by atoms with Crippen molar-refractivity contribution >= 4 is 17.0 Å². The lowest BCUT2D eigenvalue weighted by atomic mass is 10.1. The molecule has 4 rings (SSSR count). The van der Waals surface area contributed by atoms with Crippen molar-refractivity contribution in [2.24, 2.45) is 0 Å². The average Bonchev–Trinajstić information content (AvgIpc) is 3.34. The number of aromatic nitrogens is 2. The fourth-order valence-electron chi connectivity index (χ4n) is 2.82. The van der Waals surface area contributed by atoms with Gasteiger partial charge in [0.25, 0.3) is 5.91 Å². The number of pyridine rings is 1. The number of carbonyl (C=O) groups is 1.